The van der Waals surface area contributed by atoms with E-state index < -0.39 is 6.04 Å². The van der Waals surface area contributed by atoms with Gasteiger partial charge in [-0.05, 0) is 29.8 Å². The highest BCUT2D eigenvalue weighted by Crippen LogP contribution is 2.34. The summed E-state index contributed by atoms with van der Waals surface area (Å²) < 4.78 is 0. The number of aliphatic imine (C=N–C) groups is 2. The van der Waals surface area contributed by atoms with Crippen molar-refractivity contribution in [3.63, 3.8) is 0 Å². The van der Waals surface area contributed by atoms with E-state index in [0.29, 0.717) is 17.4 Å². The van der Waals surface area contributed by atoms with Crippen molar-refractivity contribution in [2.75, 3.05) is 11.1 Å². The van der Waals surface area contributed by atoms with E-state index in [-0.39, 0.29) is 17.6 Å². The molecule has 0 aromatic heterocycles. The Labute approximate surface area is 190 Å². The van der Waals surface area contributed by atoms with Crippen molar-refractivity contribution in [2.24, 2.45) is 9.98 Å². The number of anilines is 1. The number of para-hydroxylation sites is 2. The highest BCUT2D eigenvalue weighted by Gasteiger charge is 2.41. The number of nitrogens with one attached hydrogen (secondary N) is 1. The Balaban J connectivity index is 1.38. The minimum Gasteiger partial charge on any atom is -0.325 e. The van der Waals surface area contributed by atoms with Gasteiger partial charge in [-0.15, -0.1) is 0 Å². The molecule has 2 aliphatic heterocycles. The molecule has 0 aliphatic carbocycles. The van der Waals surface area contributed by atoms with Crippen LogP contribution in [0.4, 0.5) is 11.4 Å². The normalized spacial score (nSPS) is 16.7. The lowest BCUT2D eigenvalue weighted by Crippen LogP contribution is -2.41. The molecule has 0 spiro atoms. The molecule has 0 fully saturated rings. The molecule has 0 saturated carbocycles. The third kappa shape index (κ3) is 4.07. The number of nitrogens with zero attached hydrogens (tertiary/aromatic N) is 3. The summed E-state index contributed by atoms with van der Waals surface area (Å²) in [5, 5.41) is 3.34. The van der Waals surface area contributed by atoms with Crippen molar-refractivity contribution < 1.29 is 9.59 Å². The maximum Gasteiger partial charge on any atom is 0.259 e. The summed E-state index contributed by atoms with van der Waals surface area (Å²) in [6, 6.07) is 26.3. The van der Waals surface area contributed by atoms with Crippen LogP contribution in [0.2, 0.25) is 0 Å². The van der Waals surface area contributed by atoms with Crippen LogP contribution in [0.15, 0.2) is 94.9 Å². The summed E-state index contributed by atoms with van der Waals surface area (Å²) in [5.41, 5.74) is 3.37. The predicted molar refractivity (Wildman–Crippen MR) is 128 cm³/mol. The molecule has 158 valence electrons. The molecule has 2 heterocycles. The van der Waals surface area contributed by atoms with Gasteiger partial charge in [0, 0.05) is 17.7 Å². The van der Waals surface area contributed by atoms with Crippen LogP contribution in [0, 0.1) is 0 Å². The fourth-order valence-corrected chi connectivity index (χ4v) is 4.52. The number of thioether (sulfide) groups is 1. The largest absolute Gasteiger partial charge is 0.325 e. The lowest BCUT2D eigenvalue weighted by molar-refractivity contribution is -0.124. The topological polar surface area (TPSA) is 74.1 Å². The first-order chi connectivity index (χ1) is 15.7. The molecule has 1 N–H and O–H groups in total. The van der Waals surface area contributed by atoms with Crippen molar-refractivity contribution in [1.82, 2.24) is 4.90 Å². The van der Waals surface area contributed by atoms with Gasteiger partial charge >= 0.3 is 0 Å². The van der Waals surface area contributed by atoms with E-state index in [9.17, 15) is 9.59 Å². The molecule has 32 heavy (non-hydrogen) atoms. The smallest absolute Gasteiger partial charge is 0.259 e. The number of benzene rings is 3. The Hall–Kier alpha value is -3.71. The van der Waals surface area contributed by atoms with Crippen molar-refractivity contribution in [1.29, 1.82) is 0 Å². The zero-order valence-corrected chi connectivity index (χ0v) is 18.0. The number of hydrogen-bond donors (Lipinski definition) is 1. The Morgan fingerprint density at radius 2 is 1.62 bits per heavy atom. The molecule has 0 radical (unpaired) electrons. The van der Waals surface area contributed by atoms with E-state index in [0.717, 1.165) is 22.5 Å². The average molecular weight is 441 g/mol. The van der Waals surface area contributed by atoms with Gasteiger partial charge in [0.05, 0.1) is 11.4 Å². The number of amidine groups is 2. The lowest BCUT2D eigenvalue weighted by atomic mass is 10.1. The summed E-state index contributed by atoms with van der Waals surface area (Å²) in [6.45, 7) is 0. The van der Waals surface area contributed by atoms with E-state index in [1.165, 1.54) is 11.8 Å². The van der Waals surface area contributed by atoms with Crippen molar-refractivity contribution in [3.8, 4) is 0 Å². The number of hydrogen-bond acceptors (Lipinski definition) is 5. The van der Waals surface area contributed by atoms with Gasteiger partial charge in [0.2, 0.25) is 5.91 Å². The molecule has 2 aliphatic rings. The van der Waals surface area contributed by atoms with Crippen molar-refractivity contribution in [3.05, 3.63) is 96.1 Å². The number of carbonyl (C=O) groups excluding carboxylic acids is 2. The maximum atomic E-state index is 13.3. The molecule has 0 bridgehead atoms. The fraction of sp³-hybridized carbons (Fsp3) is 0.120. The first kappa shape index (κ1) is 20.2. The molecular weight excluding hydrogens is 420 g/mol. The molecule has 1 atom stereocenters. The molecule has 5 rings (SSSR count). The number of rotatable bonds is 5. The lowest BCUT2D eigenvalue weighted by Gasteiger charge is -2.25. The highest BCUT2D eigenvalue weighted by molar-refractivity contribution is 8.14. The highest BCUT2D eigenvalue weighted by atomic mass is 32.2. The van der Waals surface area contributed by atoms with E-state index in [4.69, 9.17) is 4.99 Å². The molecule has 7 heteroatoms. The van der Waals surface area contributed by atoms with E-state index >= 15 is 0 Å². The van der Waals surface area contributed by atoms with Gasteiger partial charge in [-0.2, -0.15) is 0 Å². The van der Waals surface area contributed by atoms with Gasteiger partial charge in [-0.25, -0.2) is 9.89 Å². The van der Waals surface area contributed by atoms with Crippen LogP contribution in [0.25, 0.3) is 0 Å². The Morgan fingerprint density at radius 1 is 0.938 bits per heavy atom. The van der Waals surface area contributed by atoms with E-state index in [1.54, 1.807) is 4.90 Å². The molecular formula is C25H20N4O2S. The summed E-state index contributed by atoms with van der Waals surface area (Å²) in [6.07, 6.45) is 0.522. The number of carbonyl (C=O) groups is 2. The minimum absolute atomic E-state index is 0.118. The van der Waals surface area contributed by atoms with Gasteiger partial charge in [0.1, 0.15) is 11.9 Å². The maximum absolute atomic E-state index is 13.3. The standard InChI is InChI=1S/C25H20N4O2S/c30-22(26-18-11-5-2-6-12-18)16-32-25-28-20-14-8-7-13-19(20)23-27-21(24(31)29(23)25)15-17-9-3-1-4-10-17/h1-14,21H,15-16H2,(H,26,30)/t21-/m1/s1. The Kier molecular flexibility index (Phi) is 5.56. The molecule has 0 saturated heterocycles. The molecule has 0 unspecified atom stereocenters. The van der Waals surface area contributed by atoms with Crippen molar-refractivity contribution >= 4 is 46.0 Å². The van der Waals surface area contributed by atoms with Crippen LogP contribution in [0.1, 0.15) is 11.1 Å². The first-order valence-corrected chi connectivity index (χ1v) is 11.3. The second-order valence-electron chi connectivity index (χ2n) is 7.45. The Bertz CT molecular complexity index is 1220. The van der Waals surface area contributed by atoms with E-state index in [2.05, 4.69) is 10.3 Å². The second-order valence-corrected chi connectivity index (χ2v) is 8.39. The zero-order valence-electron chi connectivity index (χ0n) is 17.1. The zero-order chi connectivity index (χ0) is 21.9. The summed E-state index contributed by atoms with van der Waals surface area (Å²) in [5.74, 6) is 0.463. The number of amides is 2. The monoisotopic (exact) mass is 440 g/mol. The summed E-state index contributed by atoms with van der Waals surface area (Å²) in [4.78, 5) is 36.8. The van der Waals surface area contributed by atoms with Crippen LogP contribution in [0.5, 0.6) is 0 Å². The second kappa shape index (κ2) is 8.80. The fourth-order valence-electron chi connectivity index (χ4n) is 3.72. The minimum atomic E-state index is -0.512. The SMILES string of the molecule is O=C(CSC1=Nc2ccccc2C2=N[C@H](Cc3ccccc3)C(=O)N12)Nc1ccccc1. The van der Waals surface area contributed by atoms with Crippen LogP contribution in [-0.2, 0) is 16.0 Å². The third-order valence-electron chi connectivity index (χ3n) is 5.21. The number of fused-ring (bicyclic) bond motifs is 3. The van der Waals surface area contributed by atoms with Gasteiger partial charge in [-0.1, -0.05) is 72.4 Å². The molecule has 3 aromatic carbocycles. The van der Waals surface area contributed by atoms with Crippen molar-refractivity contribution in [2.45, 2.75) is 12.5 Å². The first-order valence-electron chi connectivity index (χ1n) is 10.3. The van der Waals surface area contributed by atoms with E-state index in [1.807, 2.05) is 84.9 Å². The van der Waals surface area contributed by atoms with Crippen LogP contribution >= 0.6 is 11.8 Å². The molecule has 2 amide bonds. The average Bonchev–Trinajstić information content (AvgIpc) is 3.15. The Morgan fingerprint density at radius 3 is 2.41 bits per heavy atom. The predicted octanol–water partition coefficient (Wildman–Crippen LogP) is 4.26. The summed E-state index contributed by atoms with van der Waals surface area (Å²) >= 11 is 1.24. The van der Waals surface area contributed by atoms with Gasteiger partial charge in [-0.3, -0.25) is 14.6 Å². The van der Waals surface area contributed by atoms with Crippen LogP contribution < -0.4 is 5.32 Å². The van der Waals surface area contributed by atoms with Crippen LogP contribution in [0.3, 0.4) is 0 Å². The van der Waals surface area contributed by atoms with Crippen LogP contribution in [-0.4, -0.2) is 39.5 Å². The summed E-state index contributed by atoms with van der Waals surface area (Å²) in [7, 11) is 0. The molecule has 6 nitrogen and oxygen atoms in total. The van der Waals surface area contributed by atoms with Gasteiger partial charge < -0.3 is 5.32 Å². The third-order valence-corrected chi connectivity index (χ3v) is 6.15. The molecule has 3 aromatic rings. The quantitative estimate of drug-likeness (QED) is 0.644. The van der Waals surface area contributed by atoms with Gasteiger partial charge in [0.25, 0.3) is 5.91 Å². The van der Waals surface area contributed by atoms with Gasteiger partial charge in [0.15, 0.2) is 5.17 Å².